The van der Waals surface area contributed by atoms with Gasteiger partial charge in [-0.25, -0.2) is 4.79 Å². The minimum atomic E-state index is -2.97. The Bertz CT molecular complexity index is 465. The highest BCUT2D eigenvalue weighted by Crippen LogP contribution is 2.25. The summed E-state index contributed by atoms with van der Waals surface area (Å²) in [6.45, 7) is 0.731. The second kappa shape index (κ2) is 7.78. The molecule has 2 amide bonds. The van der Waals surface area contributed by atoms with Gasteiger partial charge in [-0.15, -0.1) is 0 Å². The Kier molecular flexibility index (Phi) is 6.36. The summed E-state index contributed by atoms with van der Waals surface area (Å²) in [6, 6.07) is 5.29. The zero-order chi connectivity index (χ0) is 15.9. The van der Waals surface area contributed by atoms with E-state index >= 15 is 0 Å². The molecule has 0 radical (unpaired) electrons. The second-order valence-corrected chi connectivity index (χ2v) is 4.61. The highest BCUT2D eigenvalue weighted by atomic mass is 19.3. The fourth-order valence-electron chi connectivity index (χ4n) is 1.68. The molecule has 3 N–H and O–H groups in total. The molecule has 0 fully saturated rings. The Morgan fingerprint density at radius 2 is 1.95 bits per heavy atom. The molecule has 0 aliphatic rings. The number of hydrogen-bond donors (Lipinski definition) is 3. The van der Waals surface area contributed by atoms with Crippen molar-refractivity contribution in [2.45, 2.75) is 38.9 Å². The molecule has 5 nitrogen and oxygen atoms in total. The number of halogens is 2. The van der Waals surface area contributed by atoms with Gasteiger partial charge in [-0.2, -0.15) is 8.78 Å². The van der Waals surface area contributed by atoms with Crippen LogP contribution in [-0.2, 0) is 0 Å². The maximum absolute atomic E-state index is 12.3. The van der Waals surface area contributed by atoms with Crippen molar-refractivity contribution in [1.29, 1.82) is 0 Å². The number of amides is 2. The molecule has 0 saturated heterocycles. The van der Waals surface area contributed by atoms with Crippen molar-refractivity contribution in [3.63, 3.8) is 0 Å². The minimum absolute atomic E-state index is 0.0731. The Balaban J connectivity index is 2.63. The van der Waals surface area contributed by atoms with Crippen LogP contribution in [0.15, 0.2) is 24.3 Å². The van der Waals surface area contributed by atoms with E-state index in [9.17, 15) is 18.7 Å². The van der Waals surface area contributed by atoms with Gasteiger partial charge in [-0.05, 0) is 25.0 Å². The number of rotatable bonds is 7. The van der Waals surface area contributed by atoms with Crippen molar-refractivity contribution in [3.05, 3.63) is 24.3 Å². The van der Waals surface area contributed by atoms with E-state index in [1.807, 2.05) is 13.8 Å². The van der Waals surface area contributed by atoms with Gasteiger partial charge in [0.15, 0.2) is 0 Å². The number of carbonyl (C=O) groups is 1. The molecule has 0 spiro atoms. The number of aliphatic hydroxyl groups is 1. The highest BCUT2D eigenvalue weighted by molar-refractivity contribution is 5.90. The lowest BCUT2D eigenvalue weighted by Gasteiger charge is -2.25. The summed E-state index contributed by atoms with van der Waals surface area (Å²) in [5.74, 6) is -0.121. The number of alkyl halides is 2. The lowest BCUT2D eigenvalue weighted by atomic mass is 9.98. The van der Waals surface area contributed by atoms with Crippen molar-refractivity contribution in [2.75, 3.05) is 11.9 Å². The van der Waals surface area contributed by atoms with Gasteiger partial charge in [0.25, 0.3) is 0 Å². The Labute approximate surface area is 122 Å². The Morgan fingerprint density at radius 3 is 2.52 bits per heavy atom. The first-order valence-corrected chi connectivity index (χ1v) is 6.71. The molecule has 0 heterocycles. The smallest absolute Gasteiger partial charge is 0.387 e. The number of hydrogen-bond acceptors (Lipinski definition) is 3. The lowest BCUT2D eigenvalue weighted by Crippen LogP contribution is -2.43. The lowest BCUT2D eigenvalue weighted by molar-refractivity contribution is -0.0493. The van der Waals surface area contributed by atoms with Crippen LogP contribution in [0.4, 0.5) is 19.3 Å². The van der Waals surface area contributed by atoms with E-state index in [-0.39, 0.29) is 18.0 Å². The highest BCUT2D eigenvalue weighted by Gasteiger charge is 2.23. The molecule has 0 atom stereocenters. The average Bonchev–Trinajstić information content (AvgIpc) is 2.46. The fourth-order valence-corrected chi connectivity index (χ4v) is 1.68. The van der Waals surface area contributed by atoms with Gasteiger partial charge in [0.05, 0.1) is 11.3 Å². The number of urea groups is 1. The normalized spacial score (nSPS) is 11.3. The average molecular weight is 302 g/mol. The summed E-state index contributed by atoms with van der Waals surface area (Å²) in [5.41, 5.74) is -0.845. The van der Waals surface area contributed by atoms with E-state index in [2.05, 4.69) is 15.4 Å². The van der Waals surface area contributed by atoms with Crippen LogP contribution in [-0.4, -0.2) is 29.9 Å². The van der Waals surface area contributed by atoms with E-state index in [1.165, 1.54) is 18.2 Å². The van der Waals surface area contributed by atoms with Gasteiger partial charge >= 0.3 is 12.6 Å². The van der Waals surface area contributed by atoms with Crippen LogP contribution in [0.1, 0.15) is 26.7 Å². The summed E-state index contributed by atoms with van der Waals surface area (Å²) >= 11 is 0. The monoisotopic (exact) mass is 302 g/mol. The molecule has 0 aliphatic carbocycles. The van der Waals surface area contributed by atoms with Gasteiger partial charge in [-0.1, -0.05) is 26.0 Å². The van der Waals surface area contributed by atoms with Crippen LogP contribution in [0.25, 0.3) is 0 Å². The molecule has 1 aromatic carbocycles. The number of anilines is 1. The maximum Gasteiger partial charge on any atom is 0.387 e. The second-order valence-electron chi connectivity index (χ2n) is 4.61. The van der Waals surface area contributed by atoms with Crippen molar-refractivity contribution >= 4 is 11.7 Å². The summed E-state index contributed by atoms with van der Waals surface area (Å²) in [4.78, 5) is 11.8. The molecular formula is C14H20F2N2O3. The Morgan fingerprint density at radius 1 is 1.33 bits per heavy atom. The van der Waals surface area contributed by atoms with Gasteiger partial charge in [0, 0.05) is 6.54 Å². The maximum atomic E-state index is 12.3. The summed E-state index contributed by atoms with van der Waals surface area (Å²) < 4.78 is 28.8. The summed E-state index contributed by atoms with van der Waals surface area (Å²) in [5, 5.41) is 15.0. The third-order valence-electron chi connectivity index (χ3n) is 3.25. The van der Waals surface area contributed by atoms with Crippen LogP contribution < -0.4 is 15.4 Å². The first-order chi connectivity index (χ1) is 9.90. The standard InChI is InChI=1S/C14H20F2N2O3/c1-3-14(20,4-2)9-17-13(19)18-10-7-5-6-8-11(10)21-12(15)16/h5-8,12,20H,3-4,9H2,1-2H3,(H2,17,18,19). The molecule has 7 heteroatoms. The van der Waals surface area contributed by atoms with Crippen LogP contribution in [0.3, 0.4) is 0 Å². The van der Waals surface area contributed by atoms with E-state index in [0.717, 1.165) is 0 Å². The Hall–Kier alpha value is -1.89. The predicted octanol–water partition coefficient (Wildman–Crippen LogP) is 2.96. The molecular weight excluding hydrogens is 282 g/mol. The van der Waals surface area contributed by atoms with Crippen molar-refractivity contribution in [1.82, 2.24) is 5.32 Å². The van der Waals surface area contributed by atoms with Crippen LogP contribution in [0.5, 0.6) is 5.75 Å². The predicted molar refractivity (Wildman–Crippen MR) is 75.6 cm³/mol. The van der Waals surface area contributed by atoms with E-state index in [0.29, 0.717) is 12.8 Å². The quantitative estimate of drug-likeness (QED) is 0.725. The molecule has 1 aromatic rings. The zero-order valence-electron chi connectivity index (χ0n) is 12.0. The molecule has 0 aromatic heterocycles. The molecule has 21 heavy (non-hydrogen) atoms. The van der Waals surface area contributed by atoms with Crippen molar-refractivity contribution in [3.8, 4) is 5.75 Å². The van der Waals surface area contributed by atoms with Gasteiger partial charge in [0.2, 0.25) is 0 Å². The van der Waals surface area contributed by atoms with Gasteiger partial charge < -0.3 is 20.5 Å². The third-order valence-corrected chi connectivity index (χ3v) is 3.25. The van der Waals surface area contributed by atoms with Crippen molar-refractivity contribution in [2.24, 2.45) is 0 Å². The molecule has 0 unspecified atom stereocenters. The number of nitrogens with one attached hydrogen (secondary N) is 2. The number of benzene rings is 1. The molecule has 0 saturated carbocycles. The van der Waals surface area contributed by atoms with Gasteiger partial charge in [-0.3, -0.25) is 0 Å². The third kappa shape index (κ3) is 5.55. The molecule has 0 bridgehead atoms. The molecule has 0 aliphatic heterocycles. The molecule has 118 valence electrons. The van der Waals surface area contributed by atoms with E-state index in [4.69, 9.17) is 0 Å². The fraction of sp³-hybridized carbons (Fsp3) is 0.500. The topological polar surface area (TPSA) is 70.6 Å². The van der Waals surface area contributed by atoms with Crippen LogP contribution in [0.2, 0.25) is 0 Å². The summed E-state index contributed by atoms with van der Waals surface area (Å²) in [6.07, 6.45) is 0.990. The summed E-state index contributed by atoms with van der Waals surface area (Å²) in [7, 11) is 0. The van der Waals surface area contributed by atoms with E-state index < -0.39 is 18.2 Å². The number of carbonyl (C=O) groups excluding carboxylic acids is 1. The van der Waals surface area contributed by atoms with Crippen LogP contribution in [0, 0.1) is 0 Å². The SMILES string of the molecule is CCC(O)(CC)CNC(=O)Nc1ccccc1OC(F)F. The minimum Gasteiger partial charge on any atom is -0.433 e. The first kappa shape index (κ1) is 17.2. The van der Waals surface area contributed by atoms with E-state index in [1.54, 1.807) is 6.07 Å². The van der Waals surface area contributed by atoms with Gasteiger partial charge in [0.1, 0.15) is 5.75 Å². The largest absolute Gasteiger partial charge is 0.433 e. The zero-order valence-corrected chi connectivity index (χ0v) is 12.0. The number of ether oxygens (including phenoxy) is 1. The first-order valence-electron chi connectivity index (χ1n) is 6.71. The number of para-hydroxylation sites is 2. The molecule has 1 rings (SSSR count). The van der Waals surface area contributed by atoms with Crippen LogP contribution >= 0.6 is 0 Å². The van der Waals surface area contributed by atoms with Crippen molar-refractivity contribution < 1.29 is 23.4 Å².